The van der Waals surface area contributed by atoms with Gasteiger partial charge in [-0.25, -0.2) is 4.39 Å². The number of rotatable bonds is 6. The molecule has 20 heavy (non-hydrogen) atoms. The smallest absolute Gasteiger partial charge is 0.123 e. The van der Waals surface area contributed by atoms with Crippen molar-refractivity contribution in [3.05, 3.63) is 65.5 Å². The highest BCUT2D eigenvalue weighted by Gasteiger charge is 2.09. The maximum atomic E-state index is 13.0. The SMILES string of the molecule is CCC(Nc1ccc(CCO)cc1)c1ccc(F)cc1. The van der Waals surface area contributed by atoms with Crippen LogP contribution in [0.2, 0.25) is 0 Å². The van der Waals surface area contributed by atoms with E-state index in [2.05, 4.69) is 12.2 Å². The van der Waals surface area contributed by atoms with Crippen LogP contribution in [0.4, 0.5) is 10.1 Å². The molecular weight excluding hydrogens is 253 g/mol. The molecule has 2 N–H and O–H groups in total. The number of anilines is 1. The molecule has 1 atom stereocenters. The van der Waals surface area contributed by atoms with Gasteiger partial charge in [-0.1, -0.05) is 31.2 Å². The third kappa shape index (κ3) is 3.81. The number of aliphatic hydroxyl groups is 1. The molecule has 0 saturated carbocycles. The highest BCUT2D eigenvalue weighted by atomic mass is 19.1. The van der Waals surface area contributed by atoms with Gasteiger partial charge in [0.15, 0.2) is 0 Å². The van der Waals surface area contributed by atoms with Crippen molar-refractivity contribution in [2.45, 2.75) is 25.8 Å². The fraction of sp³-hybridized carbons (Fsp3) is 0.294. The van der Waals surface area contributed by atoms with Gasteiger partial charge in [0.2, 0.25) is 0 Å². The Morgan fingerprint density at radius 3 is 2.25 bits per heavy atom. The molecule has 0 aromatic heterocycles. The second kappa shape index (κ2) is 7.06. The van der Waals surface area contributed by atoms with Crippen molar-refractivity contribution in [2.75, 3.05) is 11.9 Å². The molecule has 106 valence electrons. The summed E-state index contributed by atoms with van der Waals surface area (Å²) >= 11 is 0. The lowest BCUT2D eigenvalue weighted by Crippen LogP contribution is -2.09. The Labute approximate surface area is 119 Å². The fourth-order valence-corrected chi connectivity index (χ4v) is 2.21. The Morgan fingerprint density at radius 1 is 1.05 bits per heavy atom. The van der Waals surface area contributed by atoms with E-state index < -0.39 is 0 Å². The first-order valence-electron chi connectivity index (χ1n) is 6.94. The number of hydrogen-bond acceptors (Lipinski definition) is 2. The molecule has 0 amide bonds. The van der Waals surface area contributed by atoms with Crippen LogP contribution in [0.5, 0.6) is 0 Å². The van der Waals surface area contributed by atoms with Crippen molar-refractivity contribution in [3.8, 4) is 0 Å². The lowest BCUT2D eigenvalue weighted by atomic mass is 10.0. The molecule has 0 aliphatic carbocycles. The molecule has 0 fully saturated rings. The molecule has 0 saturated heterocycles. The van der Waals surface area contributed by atoms with Gasteiger partial charge in [-0.05, 0) is 48.2 Å². The summed E-state index contributed by atoms with van der Waals surface area (Å²) in [6.45, 7) is 2.26. The molecular formula is C17H20FNO. The molecule has 0 spiro atoms. The quantitative estimate of drug-likeness (QED) is 0.836. The minimum absolute atomic E-state index is 0.166. The van der Waals surface area contributed by atoms with Crippen molar-refractivity contribution >= 4 is 5.69 Å². The van der Waals surface area contributed by atoms with E-state index in [9.17, 15) is 4.39 Å². The van der Waals surface area contributed by atoms with Crippen LogP contribution < -0.4 is 5.32 Å². The molecule has 2 rings (SSSR count). The van der Waals surface area contributed by atoms with Gasteiger partial charge in [0.25, 0.3) is 0 Å². The maximum absolute atomic E-state index is 13.0. The van der Waals surface area contributed by atoms with E-state index in [4.69, 9.17) is 5.11 Å². The summed E-state index contributed by atoms with van der Waals surface area (Å²) in [7, 11) is 0. The average Bonchev–Trinajstić information content (AvgIpc) is 2.48. The third-order valence-electron chi connectivity index (χ3n) is 3.38. The maximum Gasteiger partial charge on any atom is 0.123 e. The topological polar surface area (TPSA) is 32.3 Å². The molecule has 0 radical (unpaired) electrons. The first kappa shape index (κ1) is 14.5. The zero-order valence-electron chi connectivity index (χ0n) is 11.6. The van der Waals surface area contributed by atoms with Gasteiger partial charge in [-0.3, -0.25) is 0 Å². The van der Waals surface area contributed by atoms with Gasteiger partial charge >= 0.3 is 0 Å². The largest absolute Gasteiger partial charge is 0.396 e. The first-order chi connectivity index (χ1) is 9.72. The Hall–Kier alpha value is -1.87. The molecule has 0 heterocycles. The van der Waals surface area contributed by atoms with Crippen molar-refractivity contribution in [2.24, 2.45) is 0 Å². The predicted octanol–water partition coefficient (Wildman–Crippen LogP) is 3.92. The van der Waals surface area contributed by atoms with Crippen molar-refractivity contribution in [1.29, 1.82) is 0 Å². The van der Waals surface area contributed by atoms with E-state index in [0.29, 0.717) is 6.42 Å². The number of nitrogens with one attached hydrogen (secondary N) is 1. The summed E-state index contributed by atoms with van der Waals surface area (Å²) in [5, 5.41) is 12.3. The van der Waals surface area contributed by atoms with Gasteiger partial charge in [-0.2, -0.15) is 0 Å². The van der Waals surface area contributed by atoms with Crippen LogP contribution in [0.25, 0.3) is 0 Å². The van der Waals surface area contributed by atoms with E-state index in [1.165, 1.54) is 12.1 Å². The molecule has 2 aromatic carbocycles. The van der Waals surface area contributed by atoms with Crippen LogP contribution >= 0.6 is 0 Å². The highest BCUT2D eigenvalue weighted by Crippen LogP contribution is 2.23. The van der Waals surface area contributed by atoms with E-state index in [1.807, 2.05) is 36.4 Å². The zero-order chi connectivity index (χ0) is 14.4. The second-order valence-electron chi connectivity index (χ2n) is 4.83. The molecule has 0 bridgehead atoms. The summed E-state index contributed by atoms with van der Waals surface area (Å²) in [5.41, 5.74) is 3.23. The summed E-state index contributed by atoms with van der Waals surface area (Å²) < 4.78 is 13.0. The molecule has 1 unspecified atom stereocenters. The molecule has 3 heteroatoms. The lowest BCUT2D eigenvalue weighted by Gasteiger charge is -2.19. The van der Waals surface area contributed by atoms with Crippen LogP contribution in [0.15, 0.2) is 48.5 Å². The van der Waals surface area contributed by atoms with Gasteiger partial charge in [0.1, 0.15) is 5.82 Å². The van der Waals surface area contributed by atoms with Crippen molar-refractivity contribution in [3.63, 3.8) is 0 Å². The summed E-state index contributed by atoms with van der Waals surface area (Å²) in [4.78, 5) is 0. The fourth-order valence-electron chi connectivity index (χ4n) is 2.21. The average molecular weight is 273 g/mol. The first-order valence-corrected chi connectivity index (χ1v) is 6.94. The summed E-state index contributed by atoms with van der Waals surface area (Å²) in [6.07, 6.45) is 1.60. The number of hydrogen-bond donors (Lipinski definition) is 2. The zero-order valence-corrected chi connectivity index (χ0v) is 11.6. The molecule has 0 aliphatic heterocycles. The van der Waals surface area contributed by atoms with Gasteiger partial charge in [-0.15, -0.1) is 0 Å². The molecule has 0 aliphatic rings. The minimum Gasteiger partial charge on any atom is -0.396 e. The van der Waals surface area contributed by atoms with Crippen LogP contribution in [0, 0.1) is 5.82 Å². The van der Waals surface area contributed by atoms with E-state index in [0.717, 1.165) is 23.2 Å². The Kier molecular flexibility index (Phi) is 5.13. The Bertz CT molecular complexity index is 522. The van der Waals surface area contributed by atoms with Gasteiger partial charge < -0.3 is 10.4 Å². The van der Waals surface area contributed by atoms with Crippen LogP contribution in [0.3, 0.4) is 0 Å². The summed E-state index contributed by atoms with van der Waals surface area (Å²) in [6, 6.07) is 14.8. The van der Waals surface area contributed by atoms with Crippen LogP contribution in [-0.4, -0.2) is 11.7 Å². The van der Waals surface area contributed by atoms with Crippen LogP contribution in [0.1, 0.15) is 30.5 Å². The predicted molar refractivity (Wildman–Crippen MR) is 80.3 cm³/mol. The molecule has 2 aromatic rings. The minimum atomic E-state index is -0.211. The Balaban J connectivity index is 2.07. The third-order valence-corrected chi connectivity index (χ3v) is 3.38. The monoisotopic (exact) mass is 273 g/mol. The van der Waals surface area contributed by atoms with Crippen molar-refractivity contribution in [1.82, 2.24) is 0 Å². The van der Waals surface area contributed by atoms with Gasteiger partial charge in [0, 0.05) is 12.3 Å². The second-order valence-corrected chi connectivity index (χ2v) is 4.83. The molecule has 2 nitrogen and oxygen atoms in total. The number of halogens is 1. The summed E-state index contributed by atoms with van der Waals surface area (Å²) in [5.74, 6) is -0.211. The lowest BCUT2D eigenvalue weighted by molar-refractivity contribution is 0.299. The number of benzene rings is 2. The van der Waals surface area contributed by atoms with E-state index >= 15 is 0 Å². The van der Waals surface area contributed by atoms with E-state index in [1.54, 1.807) is 0 Å². The van der Waals surface area contributed by atoms with Crippen molar-refractivity contribution < 1.29 is 9.50 Å². The van der Waals surface area contributed by atoms with E-state index in [-0.39, 0.29) is 18.5 Å². The normalized spacial score (nSPS) is 12.2. The Morgan fingerprint density at radius 2 is 1.70 bits per heavy atom. The van der Waals surface area contributed by atoms with Crippen LogP contribution in [-0.2, 0) is 6.42 Å². The van der Waals surface area contributed by atoms with Gasteiger partial charge in [0.05, 0.1) is 6.04 Å². The standard InChI is InChI=1S/C17H20FNO/c1-2-17(14-5-7-15(18)8-6-14)19-16-9-3-13(4-10-16)11-12-20/h3-10,17,19-20H,2,11-12H2,1H3. The highest BCUT2D eigenvalue weighted by molar-refractivity contribution is 5.47. The number of aliphatic hydroxyl groups excluding tert-OH is 1.